The van der Waals surface area contributed by atoms with Crippen molar-refractivity contribution in [3.63, 3.8) is 0 Å². The van der Waals surface area contributed by atoms with Gasteiger partial charge in [0.25, 0.3) is 5.91 Å². The van der Waals surface area contributed by atoms with E-state index in [1.807, 2.05) is 6.92 Å². The highest BCUT2D eigenvalue weighted by atomic mass is 35.5. The Morgan fingerprint density at radius 1 is 0.967 bits per heavy atom. The minimum atomic E-state index is -3.59. The van der Waals surface area contributed by atoms with Gasteiger partial charge in [0.1, 0.15) is 6.04 Å². The average molecular weight is 450 g/mol. The van der Waals surface area contributed by atoms with Crippen molar-refractivity contribution < 1.29 is 18.0 Å². The summed E-state index contributed by atoms with van der Waals surface area (Å²) >= 11 is 5.82. The molecule has 2 aromatic rings. The minimum absolute atomic E-state index is 0.208. The van der Waals surface area contributed by atoms with Gasteiger partial charge in [-0.15, -0.1) is 0 Å². The van der Waals surface area contributed by atoms with E-state index in [9.17, 15) is 18.0 Å². The van der Waals surface area contributed by atoms with E-state index in [1.165, 1.54) is 4.31 Å². The first-order valence-corrected chi connectivity index (χ1v) is 11.4. The molecule has 0 aromatic heterocycles. The number of benzene rings is 2. The van der Waals surface area contributed by atoms with Crippen molar-refractivity contribution in [2.45, 2.75) is 24.8 Å². The fourth-order valence-corrected chi connectivity index (χ4v) is 4.77. The molecule has 1 fully saturated rings. The first-order chi connectivity index (χ1) is 14.2. The van der Waals surface area contributed by atoms with Crippen LogP contribution in [0.15, 0.2) is 53.4 Å². The van der Waals surface area contributed by atoms with Crippen LogP contribution < -0.4 is 5.32 Å². The van der Waals surface area contributed by atoms with Crippen molar-refractivity contribution in [3.05, 3.63) is 64.7 Å². The lowest BCUT2D eigenvalue weighted by Crippen LogP contribution is -2.55. The van der Waals surface area contributed by atoms with Crippen LogP contribution in [0.3, 0.4) is 0 Å². The zero-order chi connectivity index (χ0) is 21.9. The molecule has 0 bridgehead atoms. The molecule has 0 aliphatic carbocycles. The van der Waals surface area contributed by atoms with E-state index in [2.05, 4.69) is 5.32 Å². The van der Waals surface area contributed by atoms with E-state index in [1.54, 1.807) is 60.4 Å². The van der Waals surface area contributed by atoms with Gasteiger partial charge in [-0.2, -0.15) is 4.31 Å². The number of hydrogen-bond acceptors (Lipinski definition) is 4. The van der Waals surface area contributed by atoms with Crippen molar-refractivity contribution >= 4 is 33.4 Å². The Kier molecular flexibility index (Phi) is 6.80. The van der Waals surface area contributed by atoms with Crippen LogP contribution in [0.4, 0.5) is 0 Å². The Morgan fingerprint density at radius 2 is 1.53 bits per heavy atom. The summed E-state index contributed by atoms with van der Waals surface area (Å²) < 4.78 is 27.0. The van der Waals surface area contributed by atoms with Crippen LogP contribution in [0.2, 0.25) is 5.02 Å². The smallest absolute Gasteiger partial charge is 0.251 e. The van der Waals surface area contributed by atoms with Crippen molar-refractivity contribution in [3.8, 4) is 0 Å². The third-order valence-electron chi connectivity index (χ3n) is 5.03. The lowest BCUT2D eigenvalue weighted by molar-refractivity contribution is -0.134. The molecule has 1 atom stereocenters. The van der Waals surface area contributed by atoms with E-state index >= 15 is 0 Å². The van der Waals surface area contributed by atoms with Crippen LogP contribution in [0.1, 0.15) is 22.8 Å². The minimum Gasteiger partial charge on any atom is -0.341 e. The predicted octanol–water partition coefficient (Wildman–Crippen LogP) is 2.30. The molecule has 2 aromatic carbocycles. The quantitative estimate of drug-likeness (QED) is 0.758. The fraction of sp³-hybridized carbons (Fsp3) is 0.333. The third-order valence-corrected chi connectivity index (χ3v) is 7.20. The Hall–Kier alpha value is -2.42. The molecular weight excluding hydrogens is 426 g/mol. The average Bonchev–Trinajstić information content (AvgIpc) is 2.74. The predicted molar refractivity (Wildman–Crippen MR) is 115 cm³/mol. The van der Waals surface area contributed by atoms with Crippen LogP contribution in [0.25, 0.3) is 0 Å². The summed E-state index contributed by atoms with van der Waals surface area (Å²) in [5.74, 6) is -0.613. The molecule has 3 rings (SSSR count). The van der Waals surface area contributed by atoms with Gasteiger partial charge in [-0.3, -0.25) is 9.59 Å². The Bertz CT molecular complexity index is 1020. The summed E-state index contributed by atoms with van der Waals surface area (Å²) in [5, 5.41) is 3.20. The van der Waals surface area contributed by atoms with Crippen LogP contribution in [0, 0.1) is 6.92 Å². The zero-order valence-corrected chi connectivity index (χ0v) is 18.4. The van der Waals surface area contributed by atoms with Crippen LogP contribution in [0.5, 0.6) is 0 Å². The van der Waals surface area contributed by atoms with Gasteiger partial charge in [-0.05, 0) is 50.2 Å². The van der Waals surface area contributed by atoms with Gasteiger partial charge in [-0.25, -0.2) is 8.42 Å². The monoisotopic (exact) mass is 449 g/mol. The summed E-state index contributed by atoms with van der Waals surface area (Å²) in [6.45, 7) is 4.47. The Balaban J connectivity index is 1.57. The second-order valence-electron chi connectivity index (χ2n) is 7.24. The Morgan fingerprint density at radius 3 is 2.10 bits per heavy atom. The van der Waals surface area contributed by atoms with Crippen molar-refractivity contribution in [1.29, 1.82) is 0 Å². The number of hydrogen-bond donors (Lipinski definition) is 1. The topological polar surface area (TPSA) is 86.8 Å². The lowest BCUT2D eigenvalue weighted by Gasteiger charge is -2.35. The van der Waals surface area contributed by atoms with Crippen LogP contribution in [-0.2, 0) is 14.8 Å². The molecule has 9 heteroatoms. The number of carbonyl (C=O) groups is 2. The molecule has 1 N–H and O–H groups in total. The van der Waals surface area contributed by atoms with E-state index in [0.717, 1.165) is 5.56 Å². The number of piperazine rings is 1. The fourth-order valence-electron chi connectivity index (χ4n) is 3.22. The first-order valence-electron chi connectivity index (χ1n) is 9.60. The molecule has 30 heavy (non-hydrogen) atoms. The summed E-state index contributed by atoms with van der Waals surface area (Å²) in [7, 11) is -3.59. The molecule has 1 unspecified atom stereocenters. The van der Waals surface area contributed by atoms with Crippen molar-refractivity contribution in [1.82, 2.24) is 14.5 Å². The summed E-state index contributed by atoms with van der Waals surface area (Å²) in [4.78, 5) is 26.8. The number of carbonyl (C=O) groups excluding carboxylic acids is 2. The molecule has 0 radical (unpaired) electrons. The van der Waals surface area contributed by atoms with Crippen LogP contribution in [-0.4, -0.2) is 61.7 Å². The lowest BCUT2D eigenvalue weighted by atomic mass is 10.2. The van der Waals surface area contributed by atoms with E-state index in [-0.39, 0.29) is 42.9 Å². The van der Waals surface area contributed by atoms with E-state index < -0.39 is 16.1 Å². The molecule has 160 valence electrons. The SMILES string of the molecule is Cc1ccc(S(=O)(=O)N2CCN(C(=O)C(C)NC(=O)c3ccc(Cl)cc3)CC2)cc1. The summed E-state index contributed by atoms with van der Waals surface area (Å²) in [6.07, 6.45) is 0. The molecule has 7 nitrogen and oxygen atoms in total. The number of nitrogens with zero attached hydrogens (tertiary/aromatic N) is 2. The van der Waals surface area contributed by atoms with Gasteiger partial charge >= 0.3 is 0 Å². The zero-order valence-electron chi connectivity index (χ0n) is 16.8. The second kappa shape index (κ2) is 9.16. The molecule has 1 aliphatic rings. The second-order valence-corrected chi connectivity index (χ2v) is 9.62. The first kappa shape index (κ1) is 22.3. The summed E-state index contributed by atoms with van der Waals surface area (Å²) in [5.41, 5.74) is 1.40. The standard InChI is InChI=1S/C21H24ClN3O4S/c1-15-3-9-19(10-4-15)30(28,29)25-13-11-24(12-14-25)21(27)16(2)23-20(26)17-5-7-18(22)8-6-17/h3-10,16H,11-14H2,1-2H3,(H,23,26). The van der Waals surface area contributed by atoms with Gasteiger partial charge in [-0.1, -0.05) is 29.3 Å². The van der Waals surface area contributed by atoms with E-state index in [4.69, 9.17) is 11.6 Å². The number of nitrogens with one attached hydrogen (secondary N) is 1. The van der Waals surface area contributed by atoms with Gasteiger partial charge in [0, 0.05) is 36.8 Å². The maximum atomic E-state index is 12.8. The van der Waals surface area contributed by atoms with Gasteiger partial charge < -0.3 is 10.2 Å². The van der Waals surface area contributed by atoms with E-state index in [0.29, 0.717) is 10.6 Å². The Labute approximate surface area is 181 Å². The molecular formula is C21H24ClN3O4S. The highest BCUT2D eigenvalue weighted by Crippen LogP contribution is 2.18. The molecule has 1 heterocycles. The number of aryl methyl sites for hydroxylation is 1. The molecule has 0 spiro atoms. The largest absolute Gasteiger partial charge is 0.341 e. The highest BCUT2D eigenvalue weighted by molar-refractivity contribution is 7.89. The number of rotatable bonds is 5. The van der Waals surface area contributed by atoms with Crippen LogP contribution >= 0.6 is 11.6 Å². The van der Waals surface area contributed by atoms with Gasteiger partial charge in [0.2, 0.25) is 15.9 Å². The molecule has 1 aliphatic heterocycles. The maximum Gasteiger partial charge on any atom is 0.251 e. The number of sulfonamides is 1. The molecule has 0 saturated carbocycles. The maximum absolute atomic E-state index is 12.8. The normalized spacial score (nSPS) is 16.2. The molecule has 1 saturated heterocycles. The van der Waals surface area contributed by atoms with Gasteiger partial charge in [0.05, 0.1) is 4.90 Å². The van der Waals surface area contributed by atoms with Crippen molar-refractivity contribution in [2.24, 2.45) is 0 Å². The van der Waals surface area contributed by atoms with Crippen molar-refractivity contribution in [2.75, 3.05) is 26.2 Å². The molecule has 2 amide bonds. The highest BCUT2D eigenvalue weighted by Gasteiger charge is 2.31. The third kappa shape index (κ3) is 5.00. The van der Waals surface area contributed by atoms with Gasteiger partial charge in [0.15, 0.2) is 0 Å². The summed E-state index contributed by atoms with van der Waals surface area (Å²) in [6, 6.07) is 12.4. The number of amides is 2. The number of halogens is 1.